The SMILES string of the molecule is CCCCC/C=C/CC/C=C/[C@@H](O)[C@H](COP(=O)(O)OCC[N+](C)(C)C)NC(=O)CCCCCCCCCCCCCCCCCCCCC. The molecule has 0 saturated heterocycles. The highest BCUT2D eigenvalue weighted by Crippen LogP contribution is 2.43. The van der Waals surface area contributed by atoms with Gasteiger partial charge in [-0.15, -0.1) is 0 Å². The number of hydrogen-bond acceptors (Lipinski definition) is 5. The molecule has 0 rings (SSSR count). The summed E-state index contributed by atoms with van der Waals surface area (Å²) >= 11 is 0. The molecule has 1 unspecified atom stereocenters. The van der Waals surface area contributed by atoms with Crippen LogP contribution in [0.1, 0.15) is 181 Å². The first kappa shape index (κ1) is 49.0. The van der Waals surface area contributed by atoms with Crippen molar-refractivity contribution >= 4 is 13.7 Å². The van der Waals surface area contributed by atoms with Gasteiger partial charge in [0.05, 0.1) is 39.9 Å². The summed E-state index contributed by atoms with van der Waals surface area (Å²) in [7, 11) is 1.56. The van der Waals surface area contributed by atoms with E-state index in [0.717, 1.165) is 38.5 Å². The zero-order chi connectivity index (χ0) is 37.2. The average molecular weight is 730 g/mol. The average Bonchev–Trinajstić information content (AvgIpc) is 3.06. The van der Waals surface area contributed by atoms with Crippen LogP contribution in [-0.2, 0) is 18.4 Å². The summed E-state index contributed by atoms with van der Waals surface area (Å²) in [6.07, 6.45) is 38.3. The number of phosphoric acid groups is 1. The fraction of sp³-hybridized carbons (Fsp3) is 0.878. The second-order valence-electron chi connectivity index (χ2n) is 15.4. The Kier molecular flexibility index (Phi) is 33.1. The molecule has 9 heteroatoms. The smallest absolute Gasteiger partial charge is 0.387 e. The summed E-state index contributed by atoms with van der Waals surface area (Å²) in [6.45, 7) is 4.74. The molecule has 50 heavy (non-hydrogen) atoms. The first-order chi connectivity index (χ1) is 24.0. The Morgan fingerprint density at radius 3 is 1.60 bits per heavy atom. The third-order valence-corrected chi connectivity index (χ3v) is 10.2. The molecule has 296 valence electrons. The predicted molar refractivity (Wildman–Crippen MR) is 212 cm³/mol. The van der Waals surface area contributed by atoms with E-state index < -0.39 is 20.0 Å². The third kappa shape index (κ3) is 35.4. The highest BCUT2D eigenvalue weighted by molar-refractivity contribution is 7.47. The summed E-state index contributed by atoms with van der Waals surface area (Å²) < 4.78 is 23.4. The van der Waals surface area contributed by atoms with Gasteiger partial charge in [0.25, 0.3) is 0 Å². The second-order valence-corrected chi connectivity index (χ2v) is 16.8. The molecule has 0 spiro atoms. The maximum atomic E-state index is 12.8. The van der Waals surface area contributed by atoms with Crippen molar-refractivity contribution in [1.82, 2.24) is 5.32 Å². The van der Waals surface area contributed by atoms with Gasteiger partial charge in [-0.05, 0) is 32.1 Å². The molecular formula is C41H82N2O6P+. The zero-order valence-corrected chi connectivity index (χ0v) is 34.3. The Labute approximate surface area is 309 Å². The van der Waals surface area contributed by atoms with E-state index in [2.05, 4.69) is 31.3 Å². The number of carbonyl (C=O) groups excluding carboxylic acids is 1. The lowest BCUT2D eigenvalue weighted by molar-refractivity contribution is -0.870. The van der Waals surface area contributed by atoms with E-state index in [9.17, 15) is 19.4 Å². The number of phosphoric ester groups is 1. The number of likely N-dealkylation sites (N-methyl/N-ethyl adjacent to an activating group) is 1. The van der Waals surface area contributed by atoms with Gasteiger partial charge < -0.3 is 19.8 Å². The monoisotopic (exact) mass is 730 g/mol. The number of quaternary nitrogens is 1. The second kappa shape index (κ2) is 33.8. The van der Waals surface area contributed by atoms with Crippen molar-refractivity contribution in [1.29, 1.82) is 0 Å². The van der Waals surface area contributed by atoms with E-state index in [1.807, 2.05) is 27.2 Å². The van der Waals surface area contributed by atoms with Crippen LogP contribution in [0.4, 0.5) is 0 Å². The Hall–Kier alpha value is -1.02. The van der Waals surface area contributed by atoms with E-state index in [1.54, 1.807) is 6.08 Å². The fourth-order valence-corrected chi connectivity index (χ4v) is 6.56. The molecule has 0 aliphatic heterocycles. The number of carbonyl (C=O) groups is 1. The predicted octanol–water partition coefficient (Wildman–Crippen LogP) is 11.0. The fourth-order valence-electron chi connectivity index (χ4n) is 5.82. The standard InChI is InChI=1S/C41H81N2O6P/c1-6-8-10-12-14-16-17-18-19-20-21-22-23-24-25-27-29-31-33-35-41(45)42-39(38-49-50(46,47)48-37-36-43(3,4)5)40(44)34-32-30-28-26-15-13-11-9-7-2/h15,26,32,34,39-40,44H,6-14,16-25,27-31,33,35-38H2,1-5H3,(H-,42,45,46,47)/p+1/b26-15+,34-32+/t39-,40+/m0/s1. The number of nitrogens with zero attached hydrogens (tertiary/aromatic N) is 1. The summed E-state index contributed by atoms with van der Waals surface area (Å²) in [5.74, 6) is -0.188. The van der Waals surface area contributed by atoms with Crippen LogP contribution in [-0.4, -0.2) is 73.4 Å². The number of aliphatic hydroxyl groups is 1. The van der Waals surface area contributed by atoms with E-state index in [0.29, 0.717) is 17.4 Å². The Balaban J connectivity index is 4.32. The minimum Gasteiger partial charge on any atom is -0.387 e. The van der Waals surface area contributed by atoms with Crippen molar-refractivity contribution < 1.29 is 32.9 Å². The first-order valence-electron chi connectivity index (χ1n) is 20.7. The summed E-state index contributed by atoms with van der Waals surface area (Å²) in [5.41, 5.74) is 0. The molecule has 0 saturated carbocycles. The number of allylic oxidation sites excluding steroid dienone is 3. The number of aliphatic hydroxyl groups excluding tert-OH is 1. The molecule has 0 fully saturated rings. The van der Waals surface area contributed by atoms with Crippen LogP contribution in [0.15, 0.2) is 24.3 Å². The number of hydrogen-bond donors (Lipinski definition) is 3. The van der Waals surface area contributed by atoms with Gasteiger partial charge in [-0.1, -0.05) is 167 Å². The largest absolute Gasteiger partial charge is 0.472 e. The van der Waals surface area contributed by atoms with Crippen molar-refractivity contribution in [3.8, 4) is 0 Å². The van der Waals surface area contributed by atoms with Gasteiger partial charge in [0.15, 0.2) is 0 Å². The Morgan fingerprint density at radius 1 is 0.660 bits per heavy atom. The summed E-state index contributed by atoms with van der Waals surface area (Å²) in [6, 6.07) is -0.855. The van der Waals surface area contributed by atoms with Crippen LogP contribution in [0.2, 0.25) is 0 Å². The quantitative estimate of drug-likeness (QED) is 0.0254. The van der Waals surface area contributed by atoms with Crippen molar-refractivity contribution in [2.45, 2.75) is 193 Å². The molecule has 0 aliphatic carbocycles. The highest BCUT2D eigenvalue weighted by Gasteiger charge is 2.27. The van der Waals surface area contributed by atoms with E-state index in [4.69, 9.17) is 9.05 Å². The maximum Gasteiger partial charge on any atom is 0.472 e. The molecule has 0 radical (unpaired) electrons. The summed E-state index contributed by atoms with van der Waals surface area (Å²) in [5, 5.41) is 13.7. The number of unbranched alkanes of at least 4 members (excludes halogenated alkanes) is 22. The van der Waals surface area contributed by atoms with Crippen molar-refractivity contribution in [3.05, 3.63) is 24.3 Å². The Morgan fingerprint density at radius 2 is 1.10 bits per heavy atom. The molecule has 3 atom stereocenters. The van der Waals surface area contributed by atoms with Crippen LogP contribution in [0, 0.1) is 0 Å². The van der Waals surface area contributed by atoms with Gasteiger partial charge in [-0.3, -0.25) is 13.8 Å². The molecule has 0 heterocycles. The lowest BCUT2D eigenvalue weighted by atomic mass is 10.0. The van der Waals surface area contributed by atoms with Crippen LogP contribution in [0.25, 0.3) is 0 Å². The minimum absolute atomic E-state index is 0.0577. The highest BCUT2D eigenvalue weighted by atomic mass is 31.2. The molecule has 1 amide bonds. The molecule has 0 aromatic carbocycles. The van der Waals surface area contributed by atoms with Gasteiger partial charge in [-0.2, -0.15) is 0 Å². The van der Waals surface area contributed by atoms with E-state index >= 15 is 0 Å². The molecule has 0 aliphatic rings. The zero-order valence-electron chi connectivity index (χ0n) is 33.4. The maximum absolute atomic E-state index is 12.8. The number of amides is 1. The number of nitrogens with one attached hydrogen (secondary N) is 1. The molecule has 0 aromatic rings. The van der Waals surface area contributed by atoms with Crippen LogP contribution >= 0.6 is 7.82 Å². The van der Waals surface area contributed by atoms with Crippen molar-refractivity contribution in [3.63, 3.8) is 0 Å². The first-order valence-corrected chi connectivity index (χ1v) is 22.2. The van der Waals surface area contributed by atoms with Gasteiger partial charge in [-0.25, -0.2) is 4.57 Å². The molecular weight excluding hydrogens is 647 g/mol. The molecule has 8 nitrogen and oxygen atoms in total. The minimum atomic E-state index is -4.33. The third-order valence-electron chi connectivity index (χ3n) is 9.17. The normalized spacial score (nSPS) is 14.8. The molecule has 0 aromatic heterocycles. The van der Waals surface area contributed by atoms with E-state index in [1.165, 1.54) is 122 Å². The van der Waals surface area contributed by atoms with Gasteiger partial charge in [0.1, 0.15) is 13.2 Å². The van der Waals surface area contributed by atoms with Crippen molar-refractivity contribution in [2.24, 2.45) is 0 Å². The van der Waals surface area contributed by atoms with Gasteiger partial charge >= 0.3 is 7.82 Å². The van der Waals surface area contributed by atoms with Crippen LogP contribution in [0.3, 0.4) is 0 Å². The Bertz CT molecular complexity index is 876. The topological polar surface area (TPSA) is 105 Å². The lowest BCUT2D eigenvalue weighted by Crippen LogP contribution is -2.45. The summed E-state index contributed by atoms with van der Waals surface area (Å²) in [4.78, 5) is 23.0. The van der Waals surface area contributed by atoms with Gasteiger partial charge in [0.2, 0.25) is 5.91 Å². The lowest BCUT2D eigenvalue weighted by Gasteiger charge is -2.25. The molecule has 0 bridgehead atoms. The van der Waals surface area contributed by atoms with Crippen molar-refractivity contribution in [2.75, 3.05) is 40.9 Å². The van der Waals surface area contributed by atoms with Crippen LogP contribution < -0.4 is 5.32 Å². The molecule has 3 N–H and O–H groups in total. The van der Waals surface area contributed by atoms with E-state index in [-0.39, 0.29) is 19.1 Å². The van der Waals surface area contributed by atoms with Gasteiger partial charge in [0, 0.05) is 6.42 Å². The van der Waals surface area contributed by atoms with Crippen LogP contribution in [0.5, 0.6) is 0 Å². The number of rotatable bonds is 37.